The van der Waals surface area contributed by atoms with Crippen molar-refractivity contribution in [2.24, 2.45) is 0 Å². The summed E-state index contributed by atoms with van der Waals surface area (Å²) in [5.74, 6) is -0.122. The zero-order valence-electron chi connectivity index (χ0n) is 19.0. The van der Waals surface area contributed by atoms with Gasteiger partial charge >= 0.3 is 12.1 Å². The zero-order valence-corrected chi connectivity index (χ0v) is 21.4. The first-order valence-corrected chi connectivity index (χ1v) is 13.0. The van der Waals surface area contributed by atoms with Gasteiger partial charge in [-0.25, -0.2) is 4.98 Å². The number of hydrogen-bond acceptors (Lipinski definition) is 5. The van der Waals surface area contributed by atoms with Gasteiger partial charge in [0.1, 0.15) is 5.01 Å². The van der Waals surface area contributed by atoms with Gasteiger partial charge in [-0.15, -0.1) is 23.1 Å². The van der Waals surface area contributed by atoms with Crippen LogP contribution in [0.2, 0.25) is 0 Å². The van der Waals surface area contributed by atoms with Gasteiger partial charge in [0.15, 0.2) is 0 Å². The number of benzene rings is 2. The molecule has 0 aliphatic carbocycles. The lowest BCUT2D eigenvalue weighted by atomic mass is 10.1. The molecule has 9 heteroatoms. The molecule has 0 saturated heterocycles. The second kappa shape index (κ2) is 11.0. The Bertz CT molecular complexity index is 1200. The number of aliphatic carboxylic acids is 1. The van der Waals surface area contributed by atoms with Crippen LogP contribution in [0.3, 0.4) is 0 Å². The summed E-state index contributed by atoms with van der Waals surface area (Å²) >= 11 is 4.70. The monoisotopic (exact) mass is 523 g/mol. The summed E-state index contributed by atoms with van der Waals surface area (Å²) in [4.78, 5) is 19.4. The van der Waals surface area contributed by atoms with E-state index in [1.165, 1.54) is 35.2 Å². The van der Waals surface area contributed by atoms with Crippen LogP contribution in [0.5, 0.6) is 0 Å². The quantitative estimate of drug-likeness (QED) is 0.285. The fourth-order valence-electron chi connectivity index (χ4n) is 3.12. The van der Waals surface area contributed by atoms with Gasteiger partial charge in [-0.3, -0.25) is 4.79 Å². The first-order chi connectivity index (χ1) is 16.0. The van der Waals surface area contributed by atoms with Crippen molar-refractivity contribution in [3.8, 4) is 10.6 Å². The van der Waals surface area contributed by atoms with E-state index in [1.807, 2.05) is 19.9 Å². The van der Waals surface area contributed by atoms with Gasteiger partial charge in [0.2, 0.25) is 0 Å². The molecule has 1 aromatic heterocycles. The largest absolute Gasteiger partial charge is 0.481 e. The summed E-state index contributed by atoms with van der Waals surface area (Å²) in [7, 11) is 0. The SMILES string of the molecule is C=C(CCC(=O)O)Sc1ccc(SCc2sc(-c3ccc(C(F)(F)F)cc3)nc2C)c(C)c1C. The first-order valence-electron chi connectivity index (χ1n) is 10.4. The fourth-order valence-corrected chi connectivity index (χ4v) is 6.38. The highest BCUT2D eigenvalue weighted by atomic mass is 32.2. The molecule has 0 fully saturated rings. The number of aryl methyl sites for hydroxylation is 1. The van der Waals surface area contributed by atoms with Crippen LogP contribution in [0.1, 0.15) is 40.1 Å². The van der Waals surface area contributed by atoms with Gasteiger partial charge in [-0.05, 0) is 67.5 Å². The maximum absolute atomic E-state index is 12.8. The third kappa shape index (κ3) is 6.67. The molecule has 0 aliphatic rings. The van der Waals surface area contributed by atoms with Crippen LogP contribution < -0.4 is 0 Å². The summed E-state index contributed by atoms with van der Waals surface area (Å²) < 4.78 is 38.5. The molecule has 1 heterocycles. The van der Waals surface area contributed by atoms with Crippen LogP contribution >= 0.6 is 34.9 Å². The Morgan fingerprint density at radius 3 is 2.26 bits per heavy atom. The Labute approximate surface area is 209 Å². The van der Waals surface area contributed by atoms with E-state index in [2.05, 4.69) is 24.6 Å². The number of halogens is 3. The number of thiazole rings is 1. The highest BCUT2D eigenvalue weighted by Crippen LogP contribution is 2.39. The van der Waals surface area contributed by atoms with Crippen molar-refractivity contribution in [3.63, 3.8) is 0 Å². The van der Waals surface area contributed by atoms with E-state index in [0.717, 1.165) is 48.5 Å². The summed E-state index contributed by atoms with van der Waals surface area (Å²) in [5, 5.41) is 9.55. The Hall–Kier alpha value is -2.23. The van der Waals surface area contributed by atoms with E-state index in [4.69, 9.17) is 5.11 Å². The number of carboxylic acids is 1. The summed E-state index contributed by atoms with van der Waals surface area (Å²) in [6, 6.07) is 9.20. The molecular weight excluding hydrogens is 499 g/mol. The number of nitrogens with zero attached hydrogens (tertiary/aromatic N) is 1. The van der Waals surface area contributed by atoms with Crippen LogP contribution in [0, 0.1) is 20.8 Å². The minimum absolute atomic E-state index is 0.0699. The summed E-state index contributed by atoms with van der Waals surface area (Å²) in [5.41, 5.74) is 3.18. The number of thioether (sulfide) groups is 2. The minimum atomic E-state index is -4.35. The van der Waals surface area contributed by atoms with Crippen molar-refractivity contribution < 1.29 is 23.1 Å². The molecular formula is C25H24F3NO2S3. The Morgan fingerprint density at radius 2 is 1.65 bits per heavy atom. The number of carbonyl (C=O) groups is 1. The van der Waals surface area contributed by atoms with Gasteiger partial charge in [-0.1, -0.05) is 30.5 Å². The molecule has 2 aromatic carbocycles. The number of allylic oxidation sites excluding steroid dienone is 1. The van der Waals surface area contributed by atoms with Crippen molar-refractivity contribution in [1.82, 2.24) is 4.98 Å². The third-order valence-electron chi connectivity index (χ3n) is 5.27. The van der Waals surface area contributed by atoms with Gasteiger partial charge < -0.3 is 5.11 Å². The average Bonchev–Trinajstić information content (AvgIpc) is 3.15. The zero-order chi connectivity index (χ0) is 25.0. The van der Waals surface area contributed by atoms with Crippen LogP contribution in [0.15, 0.2) is 57.7 Å². The predicted molar refractivity (Wildman–Crippen MR) is 135 cm³/mol. The molecule has 34 heavy (non-hydrogen) atoms. The highest BCUT2D eigenvalue weighted by Gasteiger charge is 2.30. The van der Waals surface area contributed by atoms with Crippen molar-refractivity contribution in [2.75, 3.05) is 0 Å². The fraction of sp³-hybridized carbons (Fsp3) is 0.280. The molecule has 0 saturated carbocycles. The second-order valence-corrected chi connectivity index (χ2v) is 11.1. The summed E-state index contributed by atoms with van der Waals surface area (Å²) in [6.07, 6.45) is -3.85. The van der Waals surface area contributed by atoms with E-state index >= 15 is 0 Å². The first kappa shape index (κ1) is 26.4. The van der Waals surface area contributed by atoms with Crippen LogP contribution in [0.4, 0.5) is 13.2 Å². The van der Waals surface area contributed by atoms with E-state index < -0.39 is 17.7 Å². The molecule has 0 spiro atoms. The molecule has 0 unspecified atom stereocenters. The molecule has 0 bridgehead atoms. The molecule has 180 valence electrons. The Balaban J connectivity index is 1.69. The van der Waals surface area contributed by atoms with Crippen molar-refractivity contribution in [3.05, 3.63) is 75.1 Å². The van der Waals surface area contributed by atoms with E-state index in [1.54, 1.807) is 11.8 Å². The van der Waals surface area contributed by atoms with Gasteiger partial charge in [0.05, 0.1) is 11.3 Å². The van der Waals surface area contributed by atoms with E-state index in [-0.39, 0.29) is 6.42 Å². The standard InChI is InChI=1S/C25H24F3NO2S3/c1-14(5-12-23(30)31)33-21-11-10-20(15(2)16(21)3)32-13-22-17(4)29-24(34-22)18-6-8-19(9-7-18)25(26,27)28/h6-11H,1,5,12-13H2,2-4H3,(H,30,31). The second-order valence-electron chi connectivity index (χ2n) is 7.74. The van der Waals surface area contributed by atoms with Crippen molar-refractivity contribution >= 4 is 40.8 Å². The molecule has 3 rings (SSSR count). The Kier molecular flexibility index (Phi) is 8.54. The highest BCUT2D eigenvalue weighted by molar-refractivity contribution is 8.03. The molecule has 1 N–H and O–H groups in total. The average molecular weight is 524 g/mol. The van der Waals surface area contributed by atoms with E-state index in [9.17, 15) is 18.0 Å². The van der Waals surface area contributed by atoms with Crippen LogP contribution in [-0.4, -0.2) is 16.1 Å². The normalized spacial score (nSPS) is 11.6. The van der Waals surface area contributed by atoms with Gasteiger partial charge in [-0.2, -0.15) is 13.2 Å². The number of rotatable bonds is 9. The van der Waals surface area contributed by atoms with Crippen molar-refractivity contribution in [1.29, 1.82) is 0 Å². The number of aromatic nitrogens is 1. The maximum atomic E-state index is 12.8. The smallest absolute Gasteiger partial charge is 0.416 e. The molecule has 0 amide bonds. The lowest BCUT2D eigenvalue weighted by molar-refractivity contribution is -0.138. The third-order valence-corrected chi connectivity index (χ3v) is 9.00. The van der Waals surface area contributed by atoms with Gasteiger partial charge in [0.25, 0.3) is 0 Å². The molecule has 3 nitrogen and oxygen atoms in total. The van der Waals surface area contributed by atoms with Gasteiger partial charge in [0, 0.05) is 32.4 Å². The molecule has 3 aromatic rings. The lowest BCUT2D eigenvalue weighted by Gasteiger charge is -2.13. The lowest BCUT2D eigenvalue weighted by Crippen LogP contribution is -2.03. The molecule has 0 aliphatic heterocycles. The van der Waals surface area contributed by atoms with Crippen molar-refractivity contribution in [2.45, 2.75) is 55.3 Å². The maximum Gasteiger partial charge on any atom is 0.416 e. The van der Waals surface area contributed by atoms with E-state index in [0.29, 0.717) is 22.7 Å². The van der Waals surface area contributed by atoms with Crippen LogP contribution in [0.25, 0.3) is 10.6 Å². The molecule has 0 atom stereocenters. The predicted octanol–water partition coefficient (Wildman–Crippen LogP) is 8.52. The Morgan fingerprint density at radius 1 is 1.03 bits per heavy atom. The van der Waals surface area contributed by atoms with Crippen LogP contribution in [-0.2, 0) is 16.7 Å². The molecule has 0 radical (unpaired) electrons. The number of alkyl halides is 3. The summed E-state index contributed by atoms with van der Waals surface area (Å²) in [6.45, 7) is 10.0. The minimum Gasteiger partial charge on any atom is -0.481 e. The number of hydrogen-bond donors (Lipinski definition) is 1. The number of carboxylic acid groups (broad SMARTS) is 1. The topological polar surface area (TPSA) is 50.2 Å².